The minimum Gasteiger partial charge on any atom is -0.544 e. The van der Waals surface area contributed by atoms with Gasteiger partial charge in [0.15, 0.2) is 5.13 Å². The molecule has 3 heterocycles. The molecule has 3 atom stereocenters. The summed E-state index contributed by atoms with van der Waals surface area (Å²) < 4.78 is 0. The smallest absolute Gasteiger partial charge is 0.544 e. The fraction of sp³-hybridized carbons (Fsp3) is 0.333. The largest absolute Gasteiger partial charge is 1.00 e. The number of carboxylic acid groups (broad SMARTS) is 1. The standard InChI is InChI=1S/C24H23Cl2N5O4S.Li/c1-10-17(25)18(26)20(27-10)22(33)30-19-14-8-31(9-15(14)19)24-29-16(21(36-24)23(34)35)7-12-3-5-13(6-4-12)28-11(2)32;/h3-6,14-15,19,27H,7-9H2,1-2H3,(H,28,32)(H,30,33)(H,34,35);/q;+1/p-1/t14-,15+,19-;. The van der Waals surface area contributed by atoms with Gasteiger partial charge in [-0.15, -0.1) is 0 Å². The van der Waals surface area contributed by atoms with Crippen LogP contribution in [-0.4, -0.2) is 46.9 Å². The minimum atomic E-state index is -1.25. The van der Waals surface area contributed by atoms with Crippen LogP contribution in [0.25, 0.3) is 0 Å². The molecular weight excluding hydrogens is 532 g/mol. The summed E-state index contributed by atoms with van der Waals surface area (Å²) in [5.74, 6) is -1.21. The first-order chi connectivity index (χ1) is 17.1. The van der Waals surface area contributed by atoms with Gasteiger partial charge in [0.1, 0.15) is 5.69 Å². The van der Waals surface area contributed by atoms with Crippen LogP contribution in [0.4, 0.5) is 10.8 Å². The Morgan fingerprint density at radius 3 is 2.35 bits per heavy atom. The molecular formula is C24H22Cl2LiN5O4S. The second-order valence-electron chi connectivity index (χ2n) is 9.10. The van der Waals surface area contributed by atoms with E-state index >= 15 is 0 Å². The first-order valence-electron chi connectivity index (χ1n) is 11.3. The van der Waals surface area contributed by atoms with E-state index in [9.17, 15) is 19.5 Å². The van der Waals surface area contributed by atoms with Crippen molar-refractivity contribution in [3.63, 3.8) is 0 Å². The van der Waals surface area contributed by atoms with Crippen LogP contribution < -0.4 is 39.5 Å². The Morgan fingerprint density at radius 2 is 1.81 bits per heavy atom. The molecule has 5 rings (SSSR count). The number of amides is 2. The van der Waals surface area contributed by atoms with Crippen molar-refractivity contribution in [1.82, 2.24) is 15.3 Å². The number of H-pyrrole nitrogens is 1. The molecule has 13 heteroatoms. The molecule has 37 heavy (non-hydrogen) atoms. The number of aryl methyl sites for hydroxylation is 1. The molecule has 2 fully saturated rings. The normalized spacial score (nSPS) is 19.7. The monoisotopic (exact) mass is 553 g/mol. The number of aromatic nitrogens is 2. The zero-order chi connectivity index (χ0) is 25.7. The number of aromatic carboxylic acids is 1. The summed E-state index contributed by atoms with van der Waals surface area (Å²) in [5, 5.41) is 18.7. The van der Waals surface area contributed by atoms with E-state index in [4.69, 9.17) is 23.2 Å². The summed E-state index contributed by atoms with van der Waals surface area (Å²) >= 11 is 13.3. The van der Waals surface area contributed by atoms with Gasteiger partial charge in [0.2, 0.25) is 5.91 Å². The van der Waals surface area contributed by atoms with Crippen molar-refractivity contribution >= 4 is 63.1 Å². The number of anilines is 2. The Balaban J connectivity index is 0.00000320. The number of carboxylic acids is 1. The first kappa shape index (κ1) is 27.5. The van der Waals surface area contributed by atoms with Crippen LogP contribution in [0, 0.1) is 18.8 Å². The average molecular weight is 554 g/mol. The van der Waals surface area contributed by atoms with Crippen molar-refractivity contribution in [3.05, 3.63) is 61.8 Å². The Hall–Kier alpha value is -2.48. The van der Waals surface area contributed by atoms with Gasteiger partial charge in [0.05, 0.1) is 26.6 Å². The van der Waals surface area contributed by atoms with Crippen LogP contribution in [0.15, 0.2) is 24.3 Å². The second-order valence-corrected chi connectivity index (χ2v) is 10.8. The fourth-order valence-corrected chi connectivity index (χ4v) is 6.06. The van der Waals surface area contributed by atoms with E-state index in [2.05, 4.69) is 25.5 Å². The summed E-state index contributed by atoms with van der Waals surface area (Å²) in [7, 11) is 0. The van der Waals surface area contributed by atoms with Gasteiger partial charge < -0.3 is 30.4 Å². The number of benzene rings is 1. The van der Waals surface area contributed by atoms with Crippen LogP contribution in [0.3, 0.4) is 0 Å². The summed E-state index contributed by atoms with van der Waals surface area (Å²) in [6.45, 7) is 4.51. The van der Waals surface area contributed by atoms with E-state index in [1.807, 2.05) is 12.1 Å². The van der Waals surface area contributed by atoms with Gasteiger partial charge in [0.25, 0.3) is 5.91 Å². The average Bonchev–Trinajstić information content (AvgIpc) is 3.19. The molecule has 2 aromatic heterocycles. The van der Waals surface area contributed by atoms with Crippen molar-refractivity contribution in [3.8, 4) is 0 Å². The summed E-state index contributed by atoms with van der Waals surface area (Å²) in [6, 6.07) is 7.20. The van der Waals surface area contributed by atoms with Crippen LogP contribution >= 0.6 is 34.5 Å². The van der Waals surface area contributed by atoms with E-state index in [0.29, 0.717) is 46.7 Å². The predicted molar refractivity (Wildman–Crippen MR) is 136 cm³/mol. The number of nitrogens with one attached hydrogen (secondary N) is 3. The van der Waals surface area contributed by atoms with Gasteiger partial charge in [0, 0.05) is 55.7 Å². The third-order valence-corrected chi connectivity index (χ3v) is 8.65. The molecule has 188 valence electrons. The maximum Gasteiger partial charge on any atom is 1.00 e. The summed E-state index contributed by atoms with van der Waals surface area (Å²) in [6.07, 6.45) is 0.332. The van der Waals surface area contributed by atoms with Gasteiger partial charge in [-0.3, -0.25) is 9.59 Å². The van der Waals surface area contributed by atoms with Crippen molar-refractivity contribution in [2.24, 2.45) is 11.8 Å². The quantitative estimate of drug-likeness (QED) is 0.349. The van der Waals surface area contributed by atoms with Gasteiger partial charge in [-0.25, -0.2) is 4.98 Å². The van der Waals surface area contributed by atoms with Crippen LogP contribution in [0.2, 0.25) is 10.0 Å². The van der Waals surface area contributed by atoms with Crippen molar-refractivity contribution in [2.75, 3.05) is 23.3 Å². The summed E-state index contributed by atoms with van der Waals surface area (Å²) in [4.78, 5) is 45.3. The minimum absolute atomic E-state index is 0. The topological polar surface area (TPSA) is 130 Å². The van der Waals surface area contributed by atoms with Crippen LogP contribution in [0.5, 0.6) is 0 Å². The molecule has 2 amide bonds. The summed E-state index contributed by atoms with van der Waals surface area (Å²) in [5.41, 5.74) is 2.88. The molecule has 1 saturated heterocycles. The van der Waals surface area contributed by atoms with Crippen molar-refractivity contribution < 1.29 is 38.4 Å². The molecule has 3 aromatic rings. The second kappa shape index (κ2) is 10.7. The van der Waals surface area contributed by atoms with E-state index < -0.39 is 5.97 Å². The zero-order valence-corrected chi connectivity index (χ0v) is 22.7. The van der Waals surface area contributed by atoms with Crippen molar-refractivity contribution in [1.29, 1.82) is 0 Å². The Bertz CT molecular complexity index is 1360. The molecule has 9 nitrogen and oxygen atoms in total. The third kappa shape index (κ3) is 5.54. The number of hydrogen-bond acceptors (Lipinski definition) is 7. The van der Waals surface area contributed by atoms with Crippen LogP contribution in [0.1, 0.15) is 44.0 Å². The Labute approximate surface area is 239 Å². The molecule has 2 aliphatic rings. The van der Waals surface area contributed by atoms with E-state index in [0.717, 1.165) is 16.9 Å². The van der Waals surface area contributed by atoms with E-state index in [1.54, 1.807) is 19.1 Å². The number of aromatic amines is 1. The SMILES string of the molecule is CC(=O)Nc1ccc(Cc2nc(N3C[C@@H]4[C@H](C3)[C@@H]4NC(=O)c3[nH]c(C)c(Cl)c3Cl)sc2C(=O)[O-])cc1.[Li+]. The Kier molecular flexibility index (Phi) is 7.98. The molecule has 1 aliphatic heterocycles. The van der Waals surface area contributed by atoms with E-state index in [1.165, 1.54) is 6.92 Å². The maximum absolute atomic E-state index is 12.6. The molecule has 0 spiro atoms. The van der Waals surface area contributed by atoms with Gasteiger partial charge in [-0.1, -0.05) is 46.7 Å². The fourth-order valence-electron chi connectivity index (χ4n) is 4.70. The first-order valence-corrected chi connectivity index (χ1v) is 12.9. The van der Waals surface area contributed by atoms with E-state index in [-0.39, 0.29) is 64.1 Å². The molecule has 3 N–H and O–H groups in total. The number of rotatable bonds is 7. The number of nitrogens with zero attached hydrogens (tertiary/aromatic N) is 2. The predicted octanol–water partition coefficient (Wildman–Crippen LogP) is -0.132. The van der Waals surface area contributed by atoms with Gasteiger partial charge in [-0.2, -0.15) is 0 Å². The molecule has 1 saturated carbocycles. The molecule has 0 radical (unpaired) electrons. The molecule has 1 aliphatic carbocycles. The molecule has 0 unspecified atom stereocenters. The number of carbonyl (C=O) groups excluding carboxylic acids is 3. The number of halogens is 2. The van der Waals surface area contributed by atoms with Gasteiger partial charge >= 0.3 is 18.9 Å². The number of hydrogen-bond donors (Lipinski definition) is 3. The molecule has 1 aromatic carbocycles. The number of piperidine rings is 1. The third-order valence-electron chi connectivity index (χ3n) is 6.56. The number of carbonyl (C=O) groups is 3. The zero-order valence-electron chi connectivity index (χ0n) is 20.4. The van der Waals surface area contributed by atoms with Gasteiger partial charge in [-0.05, 0) is 24.6 Å². The Morgan fingerprint density at radius 1 is 1.16 bits per heavy atom. The number of thiazole rings is 1. The van der Waals surface area contributed by atoms with Crippen LogP contribution in [-0.2, 0) is 11.2 Å². The number of fused-ring (bicyclic) bond motifs is 1. The molecule has 0 bridgehead atoms. The van der Waals surface area contributed by atoms with Crippen molar-refractivity contribution in [2.45, 2.75) is 26.3 Å². The maximum atomic E-state index is 12.6.